The van der Waals surface area contributed by atoms with Crippen LogP contribution in [0.25, 0.3) is 11.0 Å². The number of hydrogen-bond acceptors (Lipinski definition) is 7. The van der Waals surface area contributed by atoms with Gasteiger partial charge in [-0.2, -0.15) is 8.78 Å². The molecular formula is C25H15F5O7. The fourth-order valence-corrected chi connectivity index (χ4v) is 3.24. The first-order valence-electron chi connectivity index (χ1n) is 10.3. The number of ether oxygens (including phenoxy) is 4. The van der Waals surface area contributed by atoms with Crippen LogP contribution in [0.3, 0.4) is 0 Å². The average Bonchev–Trinajstić information content (AvgIpc) is 2.88. The van der Waals surface area contributed by atoms with E-state index in [1.807, 2.05) is 0 Å². The van der Waals surface area contributed by atoms with E-state index >= 15 is 0 Å². The molecule has 192 valence electrons. The standard InChI is InChI=1S/C25H15F5O7/c1-11-24(37-13-5-3-4-12(8-13)33-2)23(32)15-7-6-14(9-16(15)35-11)36-17(31)10-34-25-21(29)19(27)18(26)20(28)22(25)30/h3-9H,10H2,1-2H3. The first-order chi connectivity index (χ1) is 17.6. The van der Waals surface area contributed by atoms with E-state index in [1.165, 1.54) is 32.2 Å². The fraction of sp³-hybridized carbons (Fsp3) is 0.120. The molecular weight excluding hydrogens is 507 g/mol. The van der Waals surface area contributed by atoms with E-state index in [2.05, 4.69) is 4.74 Å². The Morgan fingerprint density at radius 1 is 0.838 bits per heavy atom. The normalized spacial score (nSPS) is 10.9. The summed E-state index contributed by atoms with van der Waals surface area (Å²) in [6.07, 6.45) is 0. The molecule has 0 aliphatic rings. The number of rotatable bonds is 7. The zero-order valence-corrected chi connectivity index (χ0v) is 19.0. The van der Waals surface area contributed by atoms with E-state index in [-0.39, 0.29) is 28.2 Å². The topological polar surface area (TPSA) is 84.2 Å². The van der Waals surface area contributed by atoms with Crippen LogP contribution >= 0.6 is 0 Å². The molecule has 0 saturated heterocycles. The average molecular weight is 522 g/mol. The van der Waals surface area contributed by atoms with Gasteiger partial charge >= 0.3 is 5.97 Å². The Morgan fingerprint density at radius 2 is 1.49 bits per heavy atom. The van der Waals surface area contributed by atoms with Crippen molar-refractivity contribution in [1.82, 2.24) is 0 Å². The van der Waals surface area contributed by atoms with Crippen molar-refractivity contribution in [2.24, 2.45) is 0 Å². The monoisotopic (exact) mass is 522 g/mol. The number of aryl methyl sites for hydroxylation is 1. The maximum absolute atomic E-state index is 13.7. The number of esters is 1. The molecule has 0 fully saturated rings. The quantitative estimate of drug-likeness (QED) is 0.103. The van der Waals surface area contributed by atoms with Gasteiger partial charge < -0.3 is 23.4 Å². The van der Waals surface area contributed by atoms with E-state index in [1.54, 1.807) is 24.3 Å². The van der Waals surface area contributed by atoms with E-state index in [9.17, 15) is 31.5 Å². The molecule has 0 aliphatic carbocycles. The second-order valence-electron chi connectivity index (χ2n) is 7.42. The molecule has 0 atom stereocenters. The highest BCUT2D eigenvalue weighted by molar-refractivity contribution is 5.81. The van der Waals surface area contributed by atoms with Crippen LogP contribution in [-0.2, 0) is 4.79 Å². The minimum Gasteiger partial charge on any atom is -0.497 e. The summed E-state index contributed by atoms with van der Waals surface area (Å²) < 4.78 is 92.9. The summed E-state index contributed by atoms with van der Waals surface area (Å²) in [6, 6.07) is 10.2. The molecule has 7 nitrogen and oxygen atoms in total. The van der Waals surface area contributed by atoms with Gasteiger partial charge in [0.15, 0.2) is 12.4 Å². The summed E-state index contributed by atoms with van der Waals surface area (Å²) >= 11 is 0. The molecule has 3 aromatic carbocycles. The van der Waals surface area contributed by atoms with Crippen molar-refractivity contribution in [2.45, 2.75) is 6.92 Å². The van der Waals surface area contributed by atoms with Gasteiger partial charge in [0.25, 0.3) is 0 Å². The van der Waals surface area contributed by atoms with Crippen molar-refractivity contribution in [3.8, 4) is 28.7 Å². The van der Waals surface area contributed by atoms with Crippen molar-refractivity contribution >= 4 is 16.9 Å². The Balaban J connectivity index is 1.52. The summed E-state index contributed by atoms with van der Waals surface area (Å²) in [6.45, 7) is 0.291. The van der Waals surface area contributed by atoms with E-state index in [4.69, 9.17) is 18.6 Å². The lowest BCUT2D eigenvalue weighted by Crippen LogP contribution is -2.19. The molecule has 0 bridgehead atoms. The lowest BCUT2D eigenvalue weighted by atomic mass is 10.2. The molecule has 0 unspecified atom stereocenters. The SMILES string of the molecule is COc1cccc(Oc2c(C)oc3cc(OC(=O)COc4c(F)c(F)c(F)c(F)c4F)ccc3c2=O)c1. The van der Waals surface area contributed by atoms with E-state index in [0.29, 0.717) is 11.5 Å². The van der Waals surface area contributed by atoms with Gasteiger partial charge in [0.1, 0.15) is 28.6 Å². The first kappa shape index (κ1) is 25.5. The number of carbonyl (C=O) groups is 1. The molecule has 37 heavy (non-hydrogen) atoms. The van der Waals surface area contributed by atoms with Crippen LogP contribution in [0.1, 0.15) is 5.76 Å². The van der Waals surface area contributed by atoms with Crippen molar-refractivity contribution in [3.63, 3.8) is 0 Å². The van der Waals surface area contributed by atoms with Crippen LogP contribution in [0.4, 0.5) is 22.0 Å². The van der Waals surface area contributed by atoms with Crippen molar-refractivity contribution < 1.29 is 50.1 Å². The highest BCUT2D eigenvalue weighted by Crippen LogP contribution is 2.30. The van der Waals surface area contributed by atoms with Gasteiger partial charge in [-0.3, -0.25) is 4.79 Å². The molecule has 0 N–H and O–H groups in total. The second-order valence-corrected chi connectivity index (χ2v) is 7.42. The molecule has 0 spiro atoms. The summed E-state index contributed by atoms with van der Waals surface area (Å²) in [5.74, 6) is -13.4. The molecule has 1 aromatic heterocycles. The number of benzene rings is 3. The molecule has 0 aliphatic heterocycles. The highest BCUT2D eigenvalue weighted by atomic mass is 19.2. The van der Waals surface area contributed by atoms with Gasteiger partial charge in [0.2, 0.25) is 40.3 Å². The van der Waals surface area contributed by atoms with Gasteiger partial charge in [-0.1, -0.05) is 6.07 Å². The lowest BCUT2D eigenvalue weighted by molar-refractivity contribution is -0.136. The van der Waals surface area contributed by atoms with Crippen molar-refractivity contribution in [1.29, 1.82) is 0 Å². The number of carbonyl (C=O) groups excluding carboxylic acids is 1. The van der Waals surface area contributed by atoms with Crippen LogP contribution < -0.4 is 24.4 Å². The molecule has 0 amide bonds. The molecule has 1 heterocycles. The maximum atomic E-state index is 13.7. The van der Waals surface area contributed by atoms with Crippen LogP contribution in [0.2, 0.25) is 0 Å². The van der Waals surface area contributed by atoms with Gasteiger partial charge in [-0.05, 0) is 31.2 Å². The smallest absolute Gasteiger partial charge is 0.349 e. The summed E-state index contributed by atoms with van der Waals surface area (Å²) in [7, 11) is 1.48. The Hall–Kier alpha value is -4.61. The van der Waals surface area contributed by atoms with E-state index in [0.717, 1.165) is 0 Å². The van der Waals surface area contributed by atoms with Crippen molar-refractivity contribution in [2.75, 3.05) is 13.7 Å². The Kier molecular flexibility index (Phi) is 7.00. The number of fused-ring (bicyclic) bond motifs is 1. The van der Waals surface area contributed by atoms with Crippen LogP contribution in [0, 0.1) is 36.0 Å². The first-order valence-corrected chi connectivity index (χ1v) is 10.3. The summed E-state index contributed by atoms with van der Waals surface area (Å²) in [5, 5.41) is 0.0842. The Labute approximate surface area is 204 Å². The summed E-state index contributed by atoms with van der Waals surface area (Å²) in [4.78, 5) is 25.0. The van der Waals surface area contributed by atoms with Gasteiger partial charge in [0.05, 0.1) is 12.5 Å². The van der Waals surface area contributed by atoms with E-state index < -0.39 is 52.8 Å². The minimum absolute atomic E-state index is 0.0199. The minimum atomic E-state index is -2.37. The predicted octanol–water partition coefficient (Wildman–Crippen LogP) is 5.58. The van der Waals surface area contributed by atoms with Gasteiger partial charge in [-0.15, -0.1) is 0 Å². The Bertz CT molecular complexity index is 1550. The molecule has 0 radical (unpaired) electrons. The molecule has 4 aromatic rings. The third-order valence-electron chi connectivity index (χ3n) is 4.98. The zero-order chi connectivity index (χ0) is 26.9. The number of halogens is 5. The van der Waals surface area contributed by atoms with Gasteiger partial charge in [0, 0.05) is 12.1 Å². The van der Waals surface area contributed by atoms with Gasteiger partial charge in [-0.25, -0.2) is 18.0 Å². The van der Waals surface area contributed by atoms with Crippen LogP contribution in [0.15, 0.2) is 51.7 Å². The molecule has 12 heteroatoms. The van der Waals surface area contributed by atoms with Crippen LogP contribution in [-0.4, -0.2) is 19.7 Å². The van der Waals surface area contributed by atoms with Crippen LogP contribution in [0.5, 0.6) is 28.7 Å². The predicted molar refractivity (Wildman–Crippen MR) is 118 cm³/mol. The molecule has 0 saturated carbocycles. The summed E-state index contributed by atoms with van der Waals surface area (Å²) in [5.41, 5.74) is -0.499. The zero-order valence-electron chi connectivity index (χ0n) is 19.0. The molecule has 4 rings (SSSR count). The fourth-order valence-electron chi connectivity index (χ4n) is 3.24. The second kappa shape index (κ2) is 10.2. The lowest BCUT2D eigenvalue weighted by Gasteiger charge is -2.11. The third-order valence-corrected chi connectivity index (χ3v) is 4.98. The highest BCUT2D eigenvalue weighted by Gasteiger charge is 2.27. The largest absolute Gasteiger partial charge is 0.497 e. The number of methoxy groups -OCH3 is 1. The third kappa shape index (κ3) is 5.03. The van der Waals surface area contributed by atoms with Crippen molar-refractivity contribution in [3.05, 3.63) is 87.5 Å². The number of hydrogen-bond donors (Lipinski definition) is 0. The maximum Gasteiger partial charge on any atom is 0.349 e. The Morgan fingerprint density at radius 3 is 2.16 bits per heavy atom.